The van der Waals surface area contributed by atoms with Crippen molar-refractivity contribution in [3.05, 3.63) is 16.1 Å². The molecule has 0 saturated heterocycles. The fourth-order valence-electron chi connectivity index (χ4n) is 1.78. The van der Waals surface area contributed by atoms with Crippen molar-refractivity contribution in [2.75, 3.05) is 54.0 Å². The summed E-state index contributed by atoms with van der Waals surface area (Å²) in [6, 6.07) is 0. The number of guanidine groups is 1. The maximum absolute atomic E-state index is 5.05. The maximum atomic E-state index is 5.05. The van der Waals surface area contributed by atoms with E-state index in [0.29, 0.717) is 0 Å². The highest BCUT2D eigenvalue weighted by Crippen LogP contribution is 2.07. The van der Waals surface area contributed by atoms with Crippen molar-refractivity contribution in [2.24, 2.45) is 4.99 Å². The van der Waals surface area contributed by atoms with Crippen LogP contribution in [0.15, 0.2) is 10.4 Å². The Hall–Kier alpha value is -0.450. The molecule has 128 valence electrons. The number of ether oxygens (including phenoxy) is 1. The first-order valence-corrected chi connectivity index (χ1v) is 8.06. The van der Waals surface area contributed by atoms with Gasteiger partial charge in [0, 0.05) is 52.1 Å². The molecule has 0 fully saturated rings. The van der Waals surface area contributed by atoms with Gasteiger partial charge in [0.05, 0.1) is 17.3 Å². The van der Waals surface area contributed by atoms with E-state index < -0.39 is 0 Å². The lowest BCUT2D eigenvalue weighted by atomic mass is 10.3. The van der Waals surface area contributed by atoms with Crippen molar-refractivity contribution in [1.82, 2.24) is 20.5 Å². The molecule has 0 atom stereocenters. The van der Waals surface area contributed by atoms with Gasteiger partial charge in [0.2, 0.25) is 0 Å². The molecule has 1 aromatic rings. The molecule has 0 saturated carbocycles. The molecule has 0 aliphatic carbocycles. The van der Waals surface area contributed by atoms with Crippen LogP contribution in [0.5, 0.6) is 0 Å². The molecule has 0 aromatic carbocycles. The zero-order chi connectivity index (χ0) is 15.5. The van der Waals surface area contributed by atoms with Gasteiger partial charge in [-0.2, -0.15) is 0 Å². The lowest BCUT2D eigenvalue weighted by Crippen LogP contribution is -2.42. The first-order chi connectivity index (χ1) is 10.2. The van der Waals surface area contributed by atoms with E-state index in [2.05, 4.69) is 37.9 Å². The third kappa shape index (κ3) is 9.54. The number of aromatic nitrogens is 1. The lowest BCUT2D eigenvalue weighted by molar-refractivity contribution is 0.162. The van der Waals surface area contributed by atoms with Crippen LogP contribution in [-0.4, -0.2) is 69.8 Å². The Kier molecular flexibility index (Phi) is 12.8. The van der Waals surface area contributed by atoms with Crippen LogP contribution >= 0.6 is 35.3 Å². The van der Waals surface area contributed by atoms with Crippen LogP contribution in [0.1, 0.15) is 10.7 Å². The number of halogens is 1. The topological polar surface area (TPSA) is 61.8 Å². The second-order valence-electron chi connectivity index (χ2n) is 4.83. The van der Waals surface area contributed by atoms with Crippen molar-refractivity contribution in [3.8, 4) is 0 Å². The average molecular weight is 441 g/mol. The summed E-state index contributed by atoms with van der Waals surface area (Å²) < 4.78 is 5.05. The fraction of sp³-hybridized carbons (Fsp3) is 0.714. The third-order valence-electron chi connectivity index (χ3n) is 3.03. The van der Waals surface area contributed by atoms with Crippen LogP contribution in [0.3, 0.4) is 0 Å². The van der Waals surface area contributed by atoms with E-state index in [-0.39, 0.29) is 24.0 Å². The minimum absolute atomic E-state index is 0. The van der Waals surface area contributed by atoms with Crippen molar-refractivity contribution < 1.29 is 4.74 Å². The fourth-order valence-corrected chi connectivity index (χ4v) is 2.42. The predicted molar refractivity (Wildman–Crippen MR) is 105 cm³/mol. The summed E-state index contributed by atoms with van der Waals surface area (Å²) >= 11 is 1.69. The molecule has 0 unspecified atom stereocenters. The highest BCUT2D eigenvalue weighted by molar-refractivity contribution is 14.0. The van der Waals surface area contributed by atoms with Crippen molar-refractivity contribution in [3.63, 3.8) is 0 Å². The van der Waals surface area contributed by atoms with Gasteiger partial charge in [0.1, 0.15) is 0 Å². The number of methoxy groups -OCH3 is 1. The molecule has 2 N–H and O–H groups in total. The summed E-state index contributed by atoms with van der Waals surface area (Å²) in [6.07, 6.45) is 0.915. The van der Waals surface area contributed by atoms with E-state index in [1.54, 1.807) is 25.5 Å². The highest BCUT2D eigenvalue weighted by atomic mass is 127. The minimum Gasteiger partial charge on any atom is -0.383 e. The number of aliphatic imine (C=N–C) groups is 1. The van der Waals surface area contributed by atoms with E-state index >= 15 is 0 Å². The van der Waals surface area contributed by atoms with Gasteiger partial charge in [0.25, 0.3) is 0 Å². The molecule has 8 heteroatoms. The molecule has 1 rings (SSSR count). The Bertz CT molecular complexity index is 427. The molecule has 0 spiro atoms. The van der Waals surface area contributed by atoms with Gasteiger partial charge in [-0.15, -0.1) is 35.3 Å². The molecular formula is C14H28IN5OS. The average Bonchev–Trinajstić information content (AvgIpc) is 2.89. The summed E-state index contributed by atoms with van der Waals surface area (Å²) in [6.45, 7) is 6.37. The summed E-state index contributed by atoms with van der Waals surface area (Å²) in [5.74, 6) is 0.835. The van der Waals surface area contributed by atoms with Crippen LogP contribution in [0.25, 0.3) is 0 Å². The first kappa shape index (κ1) is 21.6. The maximum Gasteiger partial charge on any atom is 0.191 e. The molecule has 1 heterocycles. The number of aryl methyl sites for hydroxylation is 1. The van der Waals surface area contributed by atoms with Crippen molar-refractivity contribution >= 4 is 41.3 Å². The van der Waals surface area contributed by atoms with Gasteiger partial charge in [-0.1, -0.05) is 0 Å². The number of nitrogens with zero attached hydrogens (tertiary/aromatic N) is 3. The van der Waals surface area contributed by atoms with E-state index in [1.807, 2.05) is 6.92 Å². The van der Waals surface area contributed by atoms with Crippen LogP contribution in [0.4, 0.5) is 0 Å². The third-order valence-corrected chi connectivity index (χ3v) is 3.85. The number of rotatable bonds is 9. The zero-order valence-electron chi connectivity index (χ0n) is 13.9. The largest absolute Gasteiger partial charge is 0.383 e. The second kappa shape index (κ2) is 13.0. The smallest absolute Gasteiger partial charge is 0.191 e. The number of likely N-dealkylation sites (N-methyl/N-ethyl adjacent to an activating group) is 1. The van der Waals surface area contributed by atoms with E-state index in [0.717, 1.165) is 55.9 Å². The second-order valence-corrected chi connectivity index (χ2v) is 5.89. The molecule has 0 aliphatic rings. The molecular weight excluding hydrogens is 413 g/mol. The molecule has 0 bridgehead atoms. The summed E-state index contributed by atoms with van der Waals surface area (Å²) in [4.78, 5) is 10.9. The predicted octanol–water partition coefficient (Wildman–Crippen LogP) is 1.36. The first-order valence-electron chi connectivity index (χ1n) is 7.18. The van der Waals surface area contributed by atoms with Gasteiger partial charge in [-0.25, -0.2) is 4.98 Å². The lowest BCUT2D eigenvalue weighted by Gasteiger charge is -2.17. The standard InChI is InChI=1S/C14H27N5OS.HI/c1-12-18-13(11-21-12)5-6-16-14(15-2)17-7-8-19(3)9-10-20-4;/h11H,5-10H2,1-4H3,(H2,15,16,17);1H. The molecule has 0 amide bonds. The van der Waals surface area contributed by atoms with Crippen LogP contribution < -0.4 is 10.6 Å². The molecule has 22 heavy (non-hydrogen) atoms. The van der Waals surface area contributed by atoms with Crippen LogP contribution in [0, 0.1) is 6.92 Å². The van der Waals surface area contributed by atoms with E-state index in [4.69, 9.17) is 4.74 Å². The van der Waals surface area contributed by atoms with Gasteiger partial charge in [-0.05, 0) is 14.0 Å². The number of hydrogen-bond acceptors (Lipinski definition) is 5. The molecule has 6 nitrogen and oxygen atoms in total. The van der Waals surface area contributed by atoms with Crippen molar-refractivity contribution in [1.29, 1.82) is 0 Å². The molecule has 0 aliphatic heterocycles. The van der Waals surface area contributed by atoms with Crippen LogP contribution in [0.2, 0.25) is 0 Å². The number of nitrogens with one attached hydrogen (secondary N) is 2. The number of hydrogen-bond donors (Lipinski definition) is 2. The minimum atomic E-state index is 0. The summed E-state index contributed by atoms with van der Waals surface area (Å²) in [5.41, 5.74) is 1.14. The van der Waals surface area contributed by atoms with Gasteiger partial charge in [0.15, 0.2) is 5.96 Å². The number of thiazole rings is 1. The SMILES string of the molecule is CN=C(NCCc1csc(C)n1)NCCN(C)CCOC.I. The summed E-state index contributed by atoms with van der Waals surface area (Å²) in [5, 5.41) is 9.84. The van der Waals surface area contributed by atoms with Crippen molar-refractivity contribution in [2.45, 2.75) is 13.3 Å². The van der Waals surface area contributed by atoms with E-state index in [1.165, 1.54) is 0 Å². The van der Waals surface area contributed by atoms with Gasteiger partial charge >= 0.3 is 0 Å². The van der Waals surface area contributed by atoms with E-state index in [9.17, 15) is 0 Å². The Labute approximate surface area is 154 Å². The monoisotopic (exact) mass is 441 g/mol. The van der Waals surface area contributed by atoms with Crippen LogP contribution in [-0.2, 0) is 11.2 Å². The molecule has 1 aromatic heterocycles. The molecule has 0 radical (unpaired) electrons. The van der Waals surface area contributed by atoms with Gasteiger partial charge < -0.3 is 20.3 Å². The Morgan fingerprint density at radius 1 is 1.36 bits per heavy atom. The summed E-state index contributed by atoms with van der Waals surface area (Å²) in [7, 11) is 5.60. The quantitative estimate of drug-likeness (QED) is 0.344. The highest BCUT2D eigenvalue weighted by Gasteiger charge is 2.01. The normalized spacial score (nSPS) is 11.4. The Balaban J connectivity index is 0.00000441. The van der Waals surface area contributed by atoms with Gasteiger partial charge in [-0.3, -0.25) is 4.99 Å². The Morgan fingerprint density at radius 3 is 2.68 bits per heavy atom. The zero-order valence-corrected chi connectivity index (χ0v) is 17.0. The Morgan fingerprint density at radius 2 is 2.09 bits per heavy atom.